The Morgan fingerprint density at radius 3 is 2.43 bits per heavy atom. The zero-order valence-electron chi connectivity index (χ0n) is 24.7. The van der Waals surface area contributed by atoms with E-state index in [9.17, 15) is 32.9 Å². The van der Waals surface area contributed by atoms with Gasteiger partial charge in [0.25, 0.3) is 5.09 Å². The van der Waals surface area contributed by atoms with Crippen LogP contribution < -0.4 is 14.8 Å². The molecule has 0 spiro atoms. The minimum Gasteiger partial charge on any atom is -0.493 e. The molecule has 12 heteroatoms. The smallest absolute Gasteiger partial charge is 0.416 e. The highest BCUT2D eigenvalue weighted by Crippen LogP contribution is 2.31. The number of amides is 1. The van der Waals surface area contributed by atoms with Crippen LogP contribution in [0.2, 0.25) is 0 Å². The van der Waals surface area contributed by atoms with Crippen LogP contribution in [0.1, 0.15) is 69.4 Å². The van der Waals surface area contributed by atoms with E-state index in [0.717, 1.165) is 31.4 Å². The molecule has 1 fully saturated rings. The lowest BCUT2D eigenvalue weighted by Crippen LogP contribution is -2.31. The van der Waals surface area contributed by atoms with Gasteiger partial charge in [0.2, 0.25) is 5.91 Å². The van der Waals surface area contributed by atoms with E-state index >= 15 is 0 Å². The molecule has 0 heterocycles. The summed E-state index contributed by atoms with van der Waals surface area (Å²) in [5, 5.41) is 11.7. The van der Waals surface area contributed by atoms with Gasteiger partial charge in [-0.3, -0.25) is 4.79 Å². The zero-order valence-corrected chi connectivity index (χ0v) is 24.7. The average Bonchev–Trinajstić information content (AvgIpc) is 3.51. The van der Waals surface area contributed by atoms with E-state index in [1.54, 1.807) is 18.2 Å². The first kappa shape index (κ1) is 35.8. The van der Waals surface area contributed by atoms with E-state index in [1.807, 2.05) is 19.1 Å². The number of nitrogens with zero attached hydrogens (tertiary/aromatic N) is 1. The minimum atomic E-state index is -4.32. The predicted molar refractivity (Wildman–Crippen MR) is 158 cm³/mol. The Bertz CT molecular complexity index is 1230. The fraction of sp³-hybridized carbons (Fsp3) is 0.438. The number of rotatable bonds is 15. The van der Waals surface area contributed by atoms with Gasteiger partial charge in [-0.1, -0.05) is 55.3 Å². The Hall–Kier alpha value is -4.35. The number of nitrogens with one attached hydrogen (secondary N) is 1. The number of unbranched alkanes of at least 4 members (excludes halogenated alkanes) is 1. The fourth-order valence-corrected chi connectivity index (χ4v) is 4.20. The molecule has 0 aromatic heterocycles. The number of hydrogen-bond donors (Lipinski definition) is 1. The second-order valence-corrected chi connectivity index (χ2v) is 9.99. The Morgan fingerprint density at radius 2 is 1.77 bits per heavy atom. The van der Waals surface area contributed by atoms with Gasteiger partial charge in [0.1, 0.15) is 24.7 Å². The molecule has 1 aliphatic rings. The molecular formula is C32H39F3N2O7. The molecule has 1 saturated carbocycles. The molecule has 240 valence electrons. The van der Waals surface area contributed by atoms with Gasteiger partial charge in [-0.25, -0.2) is 4.79 Å². The summed E-state index contributed by atoms with van der Waals surface area (Å²) in [7, 11) is 0. The zero-order chi connectivity index (χ0) is 32.2. The molecule has 2 aromatic carbocycles. The number of carbonyl (C=O) groups is 2. The van der Waals surface area contributed by atoms with Gasteiger partial charge >= 0.3 is 12.1 Å². The van der Waals surface area contributed by atoms with E-state index in [2.05, 4.69) is 22.3 Å². The Kier molecular flexibility index (Phi) is 16.1. The summed E-state index contributed by atoms with van der Waals surface area (Å²) in [6, 6.07) is 11.1. The number of alkyl halides is 3. The molecule has 1 aliphatic carbocycles. The van der Waals surface area contributed by atoms with Crippen LogP contribution in [-0.4, -0.2) is 30.1 Å². The van der Waals surface area contributed by atoms with Crippen molar-refractivity contribution >= 4 is 11.9 Å². The molecule has 0 radical (unpaired) electrons. The summed E-state index contributed by atoms with van der Waals surface area (Å²) in [6.07, 6.45) is 11.6. The molecule has 0 aliphatic heterocycles. The van der Waals surface area contributed by atoms with E-state index in [0.29, 0.717) is 24.5 Å². The normalized spacial score (nSPS) is 13.4. The summed E-state index contributed by atoms with van der Waals surface area (Å²) in [4.78, 5) is 37.5. The monoisotopic (exact) mass is 620 g/mol. The van der Waals surface area contributed by atoms with Gasteiger partial charge in [-0.2, -0.15) is 13.2 Å². The molecule has 0 saturated heterocycles. The quantitative estimate of drug-likeness (QED) is 0.0551. The molecule has 0 bridgehead atoms. The fourth-order valence-electron chi connectivity index (χ4n) is 4.20. The highest BCUT2D eigenvalue weighted by Gasteiger charge is 2.30. The lowest BCUT2D eigenvalue weighted by molar-refractivity contribution is -0.763. The lowest BCUT2D eigenvalue weighted by Gasteiger charge is -2.09. The molecule has 1 N–H and O–H groups in total. The molecule has 1 amide bonds. The maximum atomic E-state index is 12.5. The predicted octanol–water partition coefficient (Wildman–Crippen LogP) is 7.38. The molecular weight excluding hydrogens is 581 g/mol. The number of benzene rings is 2. The summed E-state index contributed by atoms with van der Waals surface area (Å²) >= 11 is 0. The van der Waals surface area contributed by atoms with Crippen molar-refractivity contribution in [3.8, 4) is 11.5 Å². The summed E-state index contributed by atoms with van der Waals surface area (Å²) < 4.78 is 48.0. The molecule has 9 nitrogen and oxygen atoms in total. The van der Waals surface area contributed by atoms with Crippen LogP contribution in [0.15, 0.2) is 72.8 Å². The van der Waals surface area contributed by atoms with Crippen LogP contribution in [0.4, 0.5) is 13.2 Å². The van der Waals surface area contributed by atoms with Crippen molar-refractivity contribution in [2.24, 2.45) is 5.92 Å². The molecule has 3 rings (SSSR count). The van der Waals surface area contributed by atoms with Gasteiger partial charge in [0.05, 0.1) is 12.2 Å². The second-order valence-electron chi connectivity index (χ2n) is 9.99. The van der Waals surface area contributed by atoms with E-state index < -0.39 is 22.8 Å². The summed E-state index contributed by atoms with van der Waals surface area (Å²) in [6.45, 7) is 1.93. The number of hydrogen-bond acceptors (Lipinski definition) is 7. The molecule has 44 heavy (non-hydrogen) atoms. The van der Waals surface area contributed by atoms with Crippen LogP contribution in [0.3, 0.4) is 0 Å². The van der Waals surface area contributed by atoms with Crippen molar-refractivity contribution in [3.63, 3.8) is 0 Å². The lowest BCUT2D eigenvalue weighted by atomic mass is 10.1. The Balaban J connectivity index is 0.000000311. The number of ether oxygens (including phenoxy) is 2. The van der Waals surface area contributed by atoms with Gasteiger partial charge in [0, 0.05) is 6.42 Å². The maximum Gasteiger partial charge on any atom is 0.416 e. The van der Waals surface area contributed by atoms with Crippen molar-refractivity contribution in [1.82, 2.24) is 5.32 Å². The first-order valence-corrected chi connectivity index (χ1v) is 14.5. The van der Waals surface area contributed by atoms with Crippen molar-refractivity contribution in [1.29, 1.82) is 0 Å². The largest absolute Gasteiger partial charge is 0.493 e. The van der Waals surface area contributed by atoms with E-state index in [1.165, 1.54) is 43.9 Å². The van der Waals surface area contributed by atoms with Gasteiger partial charge < -0.3 is 19.6 Å². The maximum absolute atomic E-state index is 12.5. The van der Waals surface area contributed by atoms with Crippen LogP contribution in [0.25, 0.3) is 0 Å². The van der Waals surface area contributed by atoms with Crippen LogP contribution in [0, 0.1) is 16.0 Å². The van der Waals surface area contributed by atoms with Crippen LogP contribution >= 0.6 is 0 Å². The third-order valence-corrected chi connectivity index (χ3v) is 6.45. The number of esters is 1. The molecule has 0 unspecified atom stereocenters. The van der Waals surface area contributed by atoms with Crippen LogP contribution in [0.5, 0.6) is 11.5 Å². The van der Waals surface area contributed by atoms with E-state index in [-0.39, 0.29) is 30.6 Å². The Labute approximate surface area is 255 Å². The number of allylic oxidation sites excluding steroid dienone is 3. The number of carbonyl (C=O) groups excluding carboxylic acids is 2. The summed E-state index contributed by atoms with van der Waals surface area (Å²) in [5.41, 5.74) is -0.0996. The Morgan fingerprint density at radius 1 is 1.05 bits per heavy atom. The average molecular weight is 621 g/mol. The summed E-state index contributed by atoms with van der Waals surface area (Å²) in [5.74, 6) is 0.444. The number of halogens is 3. The standard InChI is InChI=1S/C16H19F3O.C16H20N2O6/c17-16(18,19)14-9-5-10-15(12-14)20-11-4-3-8-13-6-1-2-7-13;1-2-3-4-5-6-15(19)17-11-16(20)24-14-9-7-13(8-10-14)12-23-18(21)22/h3,5,8-10,12-13H,1-2,4,6-7,11H2;2-3,7-10H,4-6,11-12H2,1H3,(H,17,19)/b8-3+;3-2-. The van der Waals surface area contributed by atoms with Crippen molar-refractivity contribution in [3.05, 3.63) is 94.1 Å². The molecule has 0 atom stereocenters. The van der Waals surface area contributed by atoms with Crippen molar-refractivity contribution in [2.75, 3.05) is 13.2 Å². The highest BCUT2D eigenvalue weighted by atomic mass is 19.4. The van der Waals surface area contributed by atoms with Crippen molar-refractivity contribution < 1.29 is 42.2 Å². The third kappa shape index (κ3) is 15.8. The SMILES string of the molecule is C/C=C\CCCC(=O)NCC(=O)Oc1ccc(CO[N+](=O)[O-])cc1.FC(F)(F)c1cccc(OCC/C=C/C2CCCC2)c1. The van der Waals surface area contributed by atoms with Crippen molar-refractivity contribution in [2.45, 2.75) is 71.1 Å². The third-order valence-electron chi connectivity index (χ3n) is 6.45. The minimum absolute atomic E-state index is 0.176. The molecule has 2 aromatic rings. The first-order chi connectivity index (χ1) is 21.1. The van der Waals surface area contributed by atoms with Crippen LogP contribution in [-0.2, 0) is 27.2 Å². The topological polar surface area (TPSA) is 117 Å². The van der Waals surface area contributed by atoms with Gasteiger partial charge in [-0.05, 0) is 80.8 Å². The van der Waals surface area contributed by atoms with Gasteiger partial charge in [0.15, 0.2) is 0 Å². The second kappa shape index (κ2) is 19.8. The van der Waals surface area contributed by atoms with Gasteiger partial charge in [-0.15, -0.1) is 10.1 Å². The van der Waals surface area contributed by atoms with E-state index in [4.69, 9.17) is 9.47 Å². The highest BCUT2D eigenvalue weighted by molar-refractivity contribution is 5.82. The first-order valence-electron chi connectivity index (χ1n) is 14.5.